The molecule has 2 saturated carbocycles. The minimum Gasteiger partial charge on any atom is -0.390 e. The minimum absolute atomic E-state index is 0.302. The van der Waals surface area contributed by atoms with Gasteiger partial charge >= 0.3 is 0 Å². The van der Waals surface area contributed by atoms with Crippen molar-refractivity contribution in [1.82, 2.24) is 0 Å². The molecule has 2 aliphatic rings. The SMILES string of the molecule is CC.CCC1CCC(C)C2(C1)CC(O)(CC)C2. The summed E-state index contributed by atoms with van der Waals surface area (Å²) in [5.74, 6) is 1.77. The van der Waals surface area contributed by atoms with Gasteiger partial charge in [0.25, 0.3) is 0 Å². The molecular formula is C16H32O. The lowest BCUT2D eigenvalue weighted by Gasteiger charge is -2.60. The molecule has 2 unspecified atom stereocenters. The van der Waals surface area contributed by atoms with Crippen LogP contribution >= 0.6 is 0 Å². The van der Waals surface area contributed by atoms with Crippen molar-refractivity contribution in [2.45, 2.75) is 85.2 Å². The third kappa shape index (κ3) is 2.86. The van der Waals surface area contributed by atoms with Crippen molar-refractivity contribution >= 4 is 0 Å². The van der Waals surface area contributed by atoms with E-state index in [0.29, 0.717) is 5.41 Å². The average molecular weight is 240 g/mol. The van der Waals surface area contributed by atoms with E-state index in [1.165, 1.54) is 25.7 Å². The van der Waals surface area contributed by atoms with Crippen LogP contribution in [0.25, 0.3) is 0 Å². The smallest absolute Gasteiger partial charge is 0.0656 e. The monoisotopic (exact) mass is 240 g/mol. The van der Waals surface area contributed by atoms with Gasteiger partial charge in [0.2, 0.25) is 0 Å². The number of hydrogen-bond acceptors (Lipinski definition) is 1. The Balaban J connectivity index is 0.000000686. The molecule has 1 N–H and O–H groups in total. The van der Waals surface area contributed by atoms with Crippen LogP contribution in [0.1, 0.15) is 79.6 Å². The first-order valence-corrected chi connectivity index (χ1v) is 7.76. The van der Waals surface area contributed by atoms with E-state index >= 15 is 0 Å². The first kappa shape index (κ1) is 15.0. The van der Waals surface area contributed by atoms with Gasteiger partial charge in [0.05, 0.1) is 5.60 Å². The van der Waals surface area contributed by atoms with E-state index in [9.17, 15) is 5.11 Å². The molecule has 1 nitrogen and oxygen atoms in total. The summed E-state index contributed by atoms with van der Waals surface area (Å²) >= 11 is 0. The molecule has 1 heteroatoms. The largest absolute Gasteiger partial charge is 0.390 e. The zero-order valence-electron chi connectivity index (χ0n) is 12.6. The molecule has 0 aromatic heterocycles. The highest BCUT2D eigenvalue weighted by atomic mass is 16.3. The minimum atomic E-state index is -0.302. The molecule has 0 radical (unpaired) electrons. The molecule has 1 spiro atoms. The van der Waals surface area contributed by atoms with E-state index in [0.717, 1.165) is 31.1 Å². The topological polar surface area (TPSA) is 20.2 Å². The highest BCUT2D eigenvalue weighted by Crippen LogP contribution is 2.61. The fraction of sp³-hybridized carbons (Fsp3) is 1.00. The Hall–Kier alpha value is -0.0400. The van der Waals surface area contributed by atoms with E-state index < -0.39 is 0 Å². The van der Waals surface area contributed by atoms with E-state index in [1.54, 1.807) is 0 Å². The standard InChI is InChI=1S/C14H26O.C2H6/c1-4-12-7-6-11(3)13(8-12)9-14(15,5-2)10-13;1-2/h11-12,15H,4-10H2,1-3H3;1-2H3. The van der Waals surface area contributed by atoms with E-state index in [1.807, 2.05) is 13.8 Å². The second kappa shape index (κ2) is 5.73. The molecule has 2 atom stereocenters. The fourth-order valence-electron chi connectivity index (χ4n) is 4.02. The first-order chi connectivity index (χ1) is 8.03. The van der Waals surface area contributed by atoms with Gasteiger partial charge in [-0.2, -0.15) is 0 Å². The van der Waals surface area contributed by atoms with Crippen molar-refractivity contribution in [2.24, 2.45) is 17.3 Å². The zero-order valence-corrected chi connectivity index (χ0v) is 12.6. The predicted octanol–water partition coefficient (Wildman–Crippen LogP) is 4.78. The van der Waals surface area contributed by atoms with Crippen molar-refractivity contribution < 1.29 is 5.11 Å². The lowest BCUT2D eigenvalue weighted by atomic mass is 9.47. The van der Waals surface area contributed by atoms with Gasteiger partial charge in [0.15, 0.2) is 0 Å². The average Bonchev–Trinajstić information content (AvgIpc) is 2.33. The number of aliphatic hydroxyl groups is 1. The van der Waals surface area contributed by atoms with Crippen molar-refractivity contribution in [1.29, 1.82) is 0 Å². The van der Waals surface area contributed by atoms with Crippen molar-refractivity contribution in [3.8, 4) is 0 Å². The molecule has 102 valence electrons. The van der Waals surface area contributed by atoms with Gasteiger partial charge < -0.3 is 5.11 Å². The van der Waals surface area contributed by atoms with E-state index in [2.05, 4.69) is 20.8 Å². The normalized spacial score (nSPS) is 44.8. The highest BCUT2D eigenvalue weighted by molar-refractivity contribution is 5.07. The van der Waals surface area contributed by atoms with Crippen molar-refractivity contribution in [3.63, 3.8) is 0 Å². The third-order valence-corrected chi connectivity index (χ3v) is 5.35. The molecular weight excluding hydrogens is 208 g/mol. The Bertz CT molecular complexity index is 222. The molecule has 0 aromatic carbocycles. The first-order valence-electron chi connectivity index (χ1n) is 7.76. The molecule has 0 bridgehead atoms. The van der Waals surface area contributed by atoms with Crippen LogP contribution in [0.5, 0.6) is 0 Å². The second-order valence-corrected chi connectivity index (χ2v) is 6.25. The Morgan fingerprint density at radius 1 is 1.12 bits per heavy atom. The zero-order chi connectivity index (χ0) is 13.1. The van der Waals surface area contributed by atoms with Crippen molar-refractivity contribution in [3.05, 3.63) is 0 Å². The van der Waals surface area contributed by atoms with Gasteiger partial charge in [-0.3, -0.25) is 0 Å². The molecule has 0 saturated heterocycles. The summed E-state index contributed by atoms with van der Waals surface area (Å²) in [4.78, 5) is 0. The maximum absolute atomic E-state index is 10.2. The van der Waals surface area contributed by atoms with Crippen LogP contribution in [-0.2, 0) is 0 Å². The molecule has 0 aliphatic heterocycles. The van der Waals surface area contributed by atoms with Gasteiger partial charge in [-0.05, 0) is 49.4 Å². The van der Waals surface area contributed by atoms with Gasteiger partial charge in [-0.15, -0.1) is 0 Å². The molecule has 0 amide bonds. The predicted molar refractivity (Wildman–Crippen MR) is 75.1 cm³/mol. The Kier molecular flexibility index (Phi) is 5.07. The van der Waals surface area contributed by atoms with E-state index in [4.69, 9.17) is 0 Å². The van der Waals surface area contributed by atoms with Crippen LogP contribution in [0, 0.1) is 17.3 Å². The van der Waals surface area contributed by atoms with Crippen LogP contribution in [0.15, 0.2) is 0 Å². The summed E-state index contributed by atoms with van der Waals surface area (Å²) in [6.45, 7) is 10.8. The van der Waals surface area contributed by atoms with Crippen LogP contribution in [-0.4, -0.2) is 10.7 Å². The quantitative estimate of drug-likeness (QED) is 0.736. The summed E-state index contributed by atoms with van der Waals surface area (Å²) in [6.07, 6.45) is 8.62. The maximum Gasteiger partial charge on any atom is 0.0656 e. The number of hydrogen-bond donors (Lipinski definition) is 1. The van der Waals surface area contributed by atoms with Crippen molar-refractivity contribution in [2.75, 3.05) is 0 Å². The second-order valence-electron chi connectivity index (χ2n) is 6.25. The molecule has 2 aliphatic carbocycles. The lowest BCUT2D eigenvalue weighted by molar-refractivity contribution is -0.173. The fourth-order valence-corrected chi connectivity index (χ4v) is 4.02. The molecule has 17 heavy (non-hydrogen) atoms. The molecule has 2 rings (SSSR count). The van der Waals surface area contributed by atoms with Gasteiger partial charge in [-0.25, -0.2) is 0 Å². The van der Waals surface area contributed by atoms with Crippen LogP contribution in [0.3, 0.4) is 0 Å². The molecule has 2 fully saturated rings. The van der Waals surface area contributed by atoms with Gasteiger partial charge in [-0.1, -0.05) is 47.5 Å². The van der Waals surface area contributed by atoms with Gasteiger partial charge in [0.1, 0.15) is 0 Å². The summed E-state index contributed by atoms with van der Waals surface area (Å²) in [7, 11) is 0. The lowest BCUT2D eigenvalue weighted by Crippen LogP contribution is -2.56. The molecule has 0 heterocycles. The third-order valence-electron chi connectivity index (χ3n) is 5.35. The number of rotatable bonds is 2. The Labute approximate surface area is 108 Å². The van der Waals surface area contributed by atoms with Crippen LogP contribution in [0.2, 0.25) is 0 Å². The summed E-state index contributed by atoms with van der Waals surface area (Å²) in [6, 6.07) is 0. The van der Waals surface area contributed by atoms with Gasteiger partial charge in [0, 0.05) is 0 Å². The Morgan fingerprint density at radius 3 is 2.18 bits per heavy atom. The summed E-state index contributed by atoms with van der Waals surface area (Å²) < 4.78 is 0. The highest BCUT2D eigenvalue weighted by Gasteiger charge is 2.56. The van der Waals surface area contributed by atoms with Crippen LogP contribution in [0.4, 0.5) is 0 Å². The maximum atomic E-state index is 10.2. The Morgan fingerprint density at radius 2 is 1.71 bits per heavy atom. The van der Waals surface area contributed by atoms with E-state index in [-0.39, 0.29) is 5.60 Å². The molecule has 0 aromatic rings. The summed E-state index contributed by atoms with van der Waals surface area (Å²) in [5, 5.41) is 10.2. The van der Waals surface area contributed by atoms with Crippen LogP contribution < -0.4 is 0 Å². The summed E-state index contributed by atoms with van der Waals surface area (Å²) in [5.41, 5.74) is 0.216.